The molecule has 2 aromatic carbocycles. The van der Waals surface area contributed by atoms with Crippen LogP contribution in [0, 0.1) is 0 Å². The predicted molar refractivity (Wildman–Crippen MR) is 107 cm³/mol. The summed E-state index contributed by atoms with van der Waals surface area (Å²) in [4.78, 5) is 23.7. The molecule has 0 radical (unpaired) electrons. The quantitative estimate of drug-likeness (QED) is 0.497. The molecule has 0 saturated heterocycles. The molecule has 0 aliphatic heterocycles. The van der Waals surface area contributed by atoms with Gasteiger partial charge < -0.3 is 14.8 Å². The summed E-state index contributed by atoms with van der Waals surface area (Å²) < 4.78 is 32.5. The highest BCUT2D eigenvalue weighted by Gasteiger charge is 2.13. The zero-order valence-electron chi connectivity index (χ0n) is 16.0. The molecule has 1 atom stereocenters. The van der Waals surface area contributed by atoms with Crippen LogP contribution in [0.3, 0.4) is 0 Å². The normalized spacial score (nSPS) is 12.4. The van der Waals surface area contributed by atoms with Gasteiger partial charge in [0.15, 0.2) is 6.61 Å². The Morgan fingerprint density at radius 2 is 1.72 bits per heavy atom. The van der Waals surface area contributed by atoms with E-state index in [0.717, 1.165) is 5.56 Å². The second-order valence-electron chi connectivity index (χ2n) is 6.12. The molecule has 8 nitrogen and oxygen atoms in total. The number of carbonyl (C=O) groups is 2. The number of ether oxygens (including phenoxy) is 2. The van der Waals surface area contributed by atoms with E-state index in [1.807, 2.05) is 0 Å². The lowest BCUT2D eigenvalue weighted by atomic mass is 10.1. The number of methoxy groups -OCH3 is 1. The molecule has 0 aliphatic rings. The summed E-state index contributed by atoms with van der Waals surface area (Å²) in [5, 5.41) is 7.71. The van der Waals surface area contributed by atoms with Crippen molar-refractivity contribution in [2.75, 3.05) is 13.7 Å². The fraction of sp³-hybridized carbons (Fsp3) is 0.200. The fourth-order valence-electron chi connectivity index (χ4n) is 2.38. The maximum Gasteiger partial charge on any atom is 0.331 e. The first-order chi connectivity index (χ1) is 13.7. The molecule has 0 aliphatic carbocycles. The smallest absolute Gasteiger partial charge is 0.331 e. The Balaban J connectivity index is 1.82. The van der Waals surface area contributed by atoms with Crippen LogP contribution >= 0.6 is 0 Å². The number of hydrogen-bond donors (Lipinski definition) is 2. The second kappa shape index (κ2) is 9.85. The molecule has 0 heterocycles. The zero-order valence-corrected chi connectivity index (χ0v) is 16.8. The van der Waals surface area contributed by atoms with E-state index in [1.165, 1.54) is 18.2 Å². The molecule has 154 valence electrons. The van der Waals surface area contributed by atoms with Crippen molar-refractivity contribution in [3.8, 4) is 5.75 Å². The number of benzene rings is 2. The summed E-state index contributed by atoms with van der Waals surface area (Å²) in [5.74, 6) is -0.435. The van der Waals surface area contributed by atoms with E-state index in [0.29, 0.717) is 11.3 Å². The maximum atomic E-state index is 12.0. The lowest BCUT2D eigenvalue weighted by Gasteiger charge is -2.14. The highest BCUT2D eigenvalue weighted by Crippen LogP contribution is 2.15. The van der Waals surface area contributed by atoms with E-state index in [9.17, 15) is 18.0 Å². The Kier molecular flexibility index (Phi) is 7.52. The number of nitrogens with two attached hydrogens (primary N) is 1. The van der Waals surface area contributed by atoms with Gasteiger partial charge in [-0.2, -0.15) is 0 Å². The topological polar surface area (TPSA) is 125 Å². The number of amides is 1. The van der Waals surface area contributed by atoms with Gasteiger partial charge in [-0.1, -0.05) is 24.3 Å². The van der Waals surface area contributed by atoms with Gasteiger partial charge >= 0.3 is 5.97 Å². The standard InChI is InChI=1S/C20H22N2O6S/c1-14(16-6-10-18(11-7-16)29(21,25)26)22-19(23)13-28-20(24)12-5-15-3-8-17(27-2)9-4-15/h3-12,14H,13H2,1-2H3,(H,22,23)(H2,21,25,26)/b12-5+/t14-/m1/s1. The highest BCUT2D eigenvalue weighted by molar-refractivity contribution is 7.89. The van der Waals surface area contributed by atoms with E-state index < -0.39 is 34.5 Å². The van der Waals surface area contributed by atoms with Crippen molar-refractivity contribution in [2.45, 2.75) is 17.9 Å². The first-order valence-corrected chi connectivity index (χ1v) is 10.1. The Bertz CT molecular complexity index is 983. The SMILES string of the molecule is COc1ccc(/C=C/C(=O)OCC(=O)N[C@H](C)c2ccc(S(N)(=O)=O)cc2)cc1. The van der Waals surface area contributed by atoms with Gasteiger partial charge in [-0.05, 0) is 48.4 Å². The molecule has 0 unspecified atom stereocenters. The summed E-state index contributed by atoms with van der Waals surface area (Å²) in [6.45, 7) is 1.28. The Morgan fingerprint density at radius 1 is 1.10 bits per heavy atom. The van der Waals surface area contributed by atoms with Crippen molar-refractivity contribution >= 4 is 28.0 Å². The van der Waals surface area contributed by atoms with Crippen LogP contribution in [0.25, 0.3) is 6.08 Å². The van der Waals surface area contributed by atoms with E-state index >= 15 is 0 Å². The van der Waals surface area contributed by atoms with Gasteiger partial charge in [0.2, 0.25) is 10.0 Å². The zero-order chi connectivity index (χ0) is 21.4. The summed E-state index contributed by atoms with van der Waals surface area (Å²) >= 11 is 0. The van der Waals surface area contributed by atoms with Crippen LogP contribution in [-0.4, -0.2) is 34.0 Å². The molecule has 0 saturated carbocycles. The van der Waals surface area contributed by atoms with E-state index in [-0.39, 0.29) is 4.90 Å². The van der Waals surface area contributed by atoms with Gasteiger partial charge in [0.1, 0.15) is 5.75 Å². The van der Waals surface area contributed by atoms with Crippen molar-refractivity contribution in [1.29, 1.82) is 0 Å². The minimum atomic E-state index is -3.77. The number of carbonyl (C=O) groups excluding carboxylic acids is 2. The maximum absolute atomic E-state index is 12.0. The van der Waals surface area contributed by atoms with Gasteiger partial charge in [-0.3, -0.25) is 4.79 Å². The van der Waals surface area contributed by atoms with Crippen molar-refractivity contribution in [2.24, 2.45) is 5.14 Å². The number of esters is 1. The molecule has 2 aromatic rings. The molecule has 0 bridgehead atoms. The number of sulfonamides is 1. The van der Waals surface area contributed by atoms with Gasteiger partial charge in [-0.25, -0.2) is 18.4 Å². The Labute approximate surface area is 169 Å². The molecule has 9 heteroatoms. The molecule has 1 amide bonds. The third-order valence-electron chi connectivity index (χ3n) is 3.96. The Hall–Kier alpha value is -3.17. The van der Waals surface area contributed by atoms with Crippen molar-refractivity contribution in [1.82, 2.24) is 5.32 Å². The summed E-state index contributed by atoms with van der Waals surface area (Å²) in [6, 6.07) is 12.5. The number of nitrogens with one attached hydrogen (secondary N) is 1. The largest absolute Gasteiger partial charge is 0.497 e. The van der Waals surface area contributed by atoms with Gasteiger partial charge in [0.25, 0.3) is 5.91 Å². The number of rotatable bonds is 8. The first kappa shape index (κ1) is 22.1. The molecule has 0 aromatic heterocycles. The highest BCUT2D eigenvalue weighted by atomic mass is 32.2. The monoisotopic (exact) mass is 418 g/mol. The third kappa shape index (κ3) is 7.05. The van der Waals surface area contributed by atoms with E-state index in [2.05, 4.69) is 5.32 Å². The van der Waals surface area contributed by atoms with E-state index in [1.54, 1.807) is 56.5 Å². The second-order valence-corrected chi connectivity index (χ2v) is 7.68. The third-order valence-corrected chi connectivity index (χ3v) is 4.89. The molecular weight excluding hydrogens is 396 g/mol. The predicted octanol–water partition coefficient (Wildman–Crippen LogP) is 1.78. The van der Waals surface area contributed by atoms with Gasteiger partial charge in [0, 0.05) is 6.08 Å². The average molecular weight is 418 g/mol. The van der Waals surface area contributed by atoms with Crippen LogP contribution in [0.1, 0.15) is 24.1 Å². The summed E-state index contributed by atoms with van der Waals surface area (Å²) in [5.41, 5.74) is 1.46. The molecule has 0 fully saturated rings. The van der Waals surface area contributed by atoms with Gasteiger partial charge in [-0.15, -0.1) is 0 Å². The average Bonchev–Trinajstić information content (AvgIpc) is 2.70. The minimum absolute atomic E-state index is 0.0163. The van der Waals surface area contributed by atoms with Gasteiger partial charge in [0.05, 0.1) is 18.0 Å². The van der Waals surface area contributed by atoms with Crippen LogP contribution in [0.4, 0.5) is 0 Å². The fourth-order valence-corrected chi connectivity index (χ4v) is 2.89. The van der Waals surface area contributed by atoms with Crippen LogP contribution in [0.5, 0.6) is 5.75 Å². The first-order valence-electron chi connectivity index (χ1n) is 8.60. The van der Waals surface area contributed by atoms with E-state index in [4.69, 9.17) is 14.6 Å². The van der Waals surface area contributed by atoms with Crippen molar-refractivity contribution < 1.29 is 27.5 Å². The lowest BCUT2D eigenvalue weighted by Crippen LogP contribution is -2.30. The number of hydrogen-bond acceptors (Lipinski definition) is 6. The minimum Gasteiger partial charge on any atom is -0.497 e. The van der Waals surface area contributed by atoms with Crippen LogP contribution in [-0.2, 0) is 24.3 Å². The van der Waals surface area contributed by atoms with Crippen LogP contribution in [0.15, 0.2) is 59.5 Å². The molecular formula is C20H22N2O6S. The summed E-state index contributed by atoms with van der Waals surface area (Å²) in [6.07, 6.45) is 2.79. The Morgan fingerprint density at radius 3 is 2.28 bits per heavy atom. The van der Waals surface area contributed by atoms with Crippen molar-refractivity contribution in [3.05, 3.63) is 65.7 Å². The molecule has 29 heavy (non-hydrogen) atoms. The molecule has 2 rings (SSSR count). The molecule has 3 N–H and O–H groups in total. The summed E-state index contributed by atoms with van der Waals surface area (Å²) in [7, 11) is -2.21. The number of primary sulfonamides is 1. The van der Waals surface area contributed by atoms with Crippen LogP contribution < -0.4 is 15.2 Å². The van der Waals surface area contributed by atoms with Crippen molar-refractivity contribution in [3.63, 3.8) is 0 Å². The molecule has 0 spiro atoms. The van der Waals surface area contributed by atoms with Crippen LogP contribution in [0.2, 0.25) is 0 Å². The lowest BCUT2D eigenvalue weighted by molar-refractivity contribution is -0.144.